The van der Waals surface area contributed by atoms with Crippen LogP contribution in [0.15, 0.2) is 21.0 Å². The van der Waals surface area contributed by atoms with Crippen LogP contribution in [0.25, 0.3) is 0 Å². The van der Waals surface area contributed by atoms with Gasteiger partial charge in [0.1, 0.15) is 17.1 Å². The lowest BCUT2D eigenvalue weighted by Gasteiger charge is -2.17. The molecule has 1 aromatic heterocycles. The largest absolute Gasteiger partial charge is 0.465 e. The molecule has 0 amide bonds. The zero-order valence-electron chi connectivity index (χ0n) is 10.7. The van der Waals surface area contributed by atoms with Crippen molar-refractivity contribution in [2.24, 2.45) is 5.92 Å². The molecule has 0 radical (unpaired) electrons. The first-order valence-electron chi connectivity index (χ1n) is 6.17. The number of furan rings is 1. The number of ether oxygens (including phenoxy) is 1. The summed E-state index contributed by atoms with van der Waals surface area (Å²) in [4.78, 5) is 12.0. The second-order valence-corrected chi connectivity index (χ2v) is 5.45. The van der Waals surface area contributed by atoms with Gasteiger partial charge in [0.2, 0.25) is 0 Å². The van der Waals surface area contributed by atoms with E-state index in [4.69, 9.17) is 9.15 Å². The second-order valence-electron chi connectivity index (χ2n) is 4.65. The molecule has 2 rings (SSSR count). The molecule has 1 unspecified atom stereocenters. The topological polar surface area (TPSA) is 39.4 Å². The van der Waals surface area contributed by atoms with Crippen molar-refractivity contribution in [3.8, 4) is 0 Å². The van der Waals surface area contributed by atoms with Crippen LogP contribution in [0.4, 0.5) is 0 Å². The summed E-state index contributed by atoms with van der Waals surface area (Å²) in [5, 5.41) is 0. The van der Waals surface area contributed by atoms with E-state index < -0.39 is 0 Å². The Morgan fingerprint density at radius 2 is 2.22 bits per heavy atom. The molecule has 1 aliphatic carbocycles. The van der Waals surface area contributed by atoms with Gasteiger partial charge in [-0.3, -0.25) is 0 Å². The first kappa shape index (κ1) is 13.4. The molecule has 1 heterocycles. The van der Waals surface area contributed by atoms with E-state index >= 15 is 0 Å². The van der Waals surface area contributed by atoms with Gasteiger partial charge >= 0.3 is 5.97 Å². The predicted molar refractivity (Wildman–Crippen MR) is 72.6 cm³/mol. The van der Waals surface area contributed by atoms with Gasteiger partial charge in [-0.25, -0.2) is 4.79 Å². The van der Waals surface area contributed by atoms with Gasteiger partial charge in [-0.1, -0.05) is 12.2 Å². The van der Waals surface area contributed by atoms with Crippen molar-refractivity contribution < 1.29 is 13.9 Å². The van der Waals surface area contributed by atoms with E-state index in [1.54, 1.807) is 6.92 Å². The maximum Gasteiger partial charge on any atom is 0.342 e. The van der Waals surface area contributed by atoms with E-state index in [0.717, 1.165) is 19.3 Å². The summed E-state index contributed by atoms with van der Waals surface area (Å²) in [5.74, 6) is 1.46. The molecule has 0 aliphatic heterocycles. The molecular formula is C14H17BrO3. The molecule has 1 atom stereocenters. The van der Waals surface area contributed by atoms with Gasteiger partial charge < -0.3 is 9.15 Å². The minimum Gasteiger partial charge on any atom is -0.465 e. The summed E-state index contributed by atoms with van der Waals surface area (Å²) in [7, 11) is 0. The van der Waals surface area contributed by atoms with Gasteiger partial charge in [0.05, 0.1) is 11.1 Å². The zero-order chi connectivity index (χ0) is 13.1. The molecule has 0 bridgehead atoms. The average Bonchev–Trinajstić information content (AvgIpc) is 2.62. The first-order chi connectivity index (χ1) is 8.59. The molecule has 0 aromatic carbocycles. The molecule has 1 aromatic rings. The van der Waals surface area contributed by atoms with Crippen LogP contribution in [0.2, 0.25) is 0 Å². The fourth-order valence-electron chi connectivity index (χ4n) is 2.16. The maximum absolute atomic E-state index is 12.0. The monoisotopic (exact) mass is 312 g/mol. The highest BCUT2D eigenvalue weighted by Gasteiger charge is 2.22. The number of carbonyl (C=O) groups is 1. The standard InChI is InChI=1S/C14H17BrO3/c1-9-12(13(15)10(2)18-9)14(16)17-8-11-6-4-3-5-7-11/h3-4,11H,5-8H2,1-2H3. The van der Waals surface area contributed by atoms with Crippen LogP contribution in [0.1, 0.15) is 41.1 Å². The highest BCUT2D eigenvalue weighted by molar-refractivity contribution is 9.10. The van der Waals surface area contributed by atoms with E-state index in [1.165, 1.54) is 0 Å². The predicted octanol–water partition coefficient (Wildman–Crippen LogP) is 4.17. The van der Waals surface area contributed by atoms with Crippen LogP contribution < -0.4 is 0 Å². The van der Waals surface area contributed by atoms with Crippen molar-refractivity contribution in [3.63, 3.8) is 0 Å². The third-order valence-corrected chi connectivity index (χ3v) is 4.17. The number of aryl methyl sites for hydroxylation is 2. The lowest BCUT2D eigenvalue weighted by Crippen LogP contribution is -2.15. The highest BCUT2D eigenvalue weighted by Crippen LogP contribution is 2.28. The van der Waals surface area contributed by atoms with Crippen molar-refractivity contribution in [1.82, 2.24) is 0 Å². The summed E-state index contributed by atoms with van der Waals surface area (Å²) < 4.78 is 11.5. The maximum atomic E-state index is 12.0. The van der Waals surface area contributed by atoms with E-state index in [2.05, 4.69) is 28.1 Å². The van der Waals surface area contributed by atoms with Crippen molar-refractivity contribution in [1.29, 1.82) is 0 Å². The summed E-state index contributed by atoms with van der Waals surface area (Å²) in [6, 6.07) is 0. The molecule has 0 saturated carbocycles. The summed E-state index contributed by atoms with van der Waals surface area (Å²) in [5.41, 5.74) is 0.513. The van der Waals surface area contributed by atoms with Gasteiger partial charge in [-0.05, 0) is 55.0 Å². The minimum atomic E-state index is -0.300. The third-order valence-electron chi connectivity index (χ3n) is 3.22. The third kappa shape index (κ3) is 2.86. The van der Waals surface area contributed by atoms with Gasteiger partial charge in [-0.15, -0.1) is 0 Å². The Morgan fingerprint density at radius 1 is 1.44 bits per heavy atom. The molecule has 0 saturated heterocycles. The Bertz CT molecular complexity index is 474. The molecule has 18 heavy (non-hydrogen) atoms. The Labute approximate surface area is 115 Å². The Morgan fingerprint density at radius 3 is 2.78 bits per heavy atom. The van der Waals surface area contributed by atoms with E-state index in [0.29, 0.717) is 34.1 Å². The molecule has 4 heteroatoms. The summed E-state index contributed by atoms with van der Waals surface area (Å²) >= 11 is 3.36. The summed E-state index contributed by atoms with van der Waals surface area (Å²) in [6.07, 6.45) is 7.51. The van der Waals surface area contributed by atoms with Gasteiger partial charge in [0.15, 0.2) is 0 Å². The van der Waals surface area contributed by atoms with Crippen LogP contribution in [0, 0.1) is 19.8 Å². The van der Waals surface area contributed by atoms with Crippen LogP contribution in [-0.4, -0.2) is 12.6 Å². The molecule has 0 N–H and O–H groups in total. The van der Waals surface area contributed by atoms with Crippen LogP contribution in [0.3, 0.4) is 0 Å². The van der Waals surface area contributed by atoms with Crippen LogP contribution in [-0.2, 0) is 4.74 Å². The van der Waals surface area contributed by atoms with Crippen molar-refractivity contribution in [2.45, 2.75) is 33.1 Å². The Balaban J connectivity index is 1.97. The first-order valence-corrected chi connectivity index (χ1v) is 6.96. The molecule has 1 aliphatic rings. The molecular weight excluding hydrogens is 296 g/mol. The SMILES string of the molecule is Cc1oc(C)c(C(=O)OCC2CC=CCC2)c1Br. The fraction of sp³-hybridized carbons (Fsp3) is 0.500. The van der Waals surface area contributed by atoms with Gasteiger partial charge in [0, 0.05) is 0 Å². The summed E-state index contributed by atoms with van der Waals surface area (Å²) in [6.45, 7) is 4.08. The average molecular weight is 313 g/mol. The Hall–Kier alpha value is -1.03. The second kappa shape index (κ2) is 5.74. The molecule has 0 spiro atoms. The van der Waals surface area contributed by atoms with Crippen LogP contribution >= 0.6 is 15.9 Å². The van der Waals surface area contributed by atoms with E-state index in [-0.39, 0.29) is 5.97 Å². The molecule has 3 nitrogen and oxygen atoms in total. The zero-order valence-corrected chi connectivity index (χ0v) is 12.2. The number of esters is 1. The van der Waals surface area contributed by atoms with Crippen molar-refractivity contribution in [3.05, 3.63) is 33.7 Å². The van der Waals surface area contributed by atoms with Crippen molar-refractivity contribution >= 4 is 21.9 Å². The number of allylic oxidation sites excluding steroid dienone is 2. The molecule has 0 fully saturated rings. The number of rotatable bonds is 3. The highest BCUT2D eigenvalue weighted by atomic mass is 79.9. The number of hydrogen-bond donors (Lipinski definition) is 0. The van der Waals surface area contributed by atoms with Crippen molar-refractivity contribution in [2.75, 3.05) is 6.61 Å². The number of carbonyl (C=O) groups excluding carboxylic acids is 1. The quantitative estimate of drug-likeness (QED) is 0.621. The fourth-order valence-corrected chi connectivity index (χ4v) is 2.68. The Kier molecular flexibility index (Phi) is 4.27. The smallest absolute Gasteiger partial charge is 0.342 e. The van der Waals surface area contributed by atoms with Crippen LogP contribution in [0.5, 0.6) is 0 Å². The van der Waals surface area contributed by atoms with Gasteiger partial charge in [-0.2, -0.15) is 0 Å². The lowest BCUT2D eigenvalue weighted by atomic mass is 9.95. The minimum absolute atomic E-state index is 0.300. The lowest BCUT2D eigenvalue weighted by molar-refractivity contribution is 0.0429. The number of halogens is 1. The number of hydrogen-bond acceptors (Lipinski definition) is 3. The van der Waals surface area contributed by atoms with E-state index in [9.17, 15) is 4.79 Å². The normalized spacial score (nSPS) is 18.9. The van der Waals surface area contributed by atoms with E-state index in [1.807, 2.05) is 6.92 Å². The van der Waals surface area contributed by atoms with Gasteiger partial charge in [0.25, 0.3) is 0 Å². The molecule has 98 valence electrons.